The van der Waals surface area contributed by atoms with Crippen LogP contribution in [0.2, 0.25) is 24.0 Å². The van der Waals surface area contributed by atoms with Crippen LogP contribution in [-0.2, 0) is 0 Å². The molecule has 0 spiro atoms. The van der Waals surface area contributed by atoms with Gasteiger partial charge in [0.1, 0.15) is 8.07 Å². The Bertz CT molecular complexity index is 324. The second-order valence-electron chi connectivity index (χ2n) is 3.64. The third-order valence-electron chi connectivity index (χ3n) is 1.15. The fraction of sp³-hybridized carbons (Fsp3) is 0.333. The van der Waals surface area contributed by atoms with E-state index in [1.165, 1.54) is 11.3 Å². The lowest BCUT2D eigenvalue weighted by atomic mass is 10.4. The summed E-state index contributed by atoms with van der Waals surface area (Å²) in [6.07, 6.45) is 0. The molecule has 64 valence electrons. The lowest BCUT2D eigenvalue weighted by molar-refractivity contribution is 1.79. The fourth-order valence-electron chi connectivity index (χ4n) is 0.635. The Morgan fingerprint density at radius 3 is 2.50 bits per heavy atom. The van der Waals surface area contributed by atoms with E-state index in [9.17, 15) is 0 Å². The molecule has 0 radical (unpaired) electrons. The Morgan fingerprint density at radius 1 is 1.42 bits per heavy atom. The number of rotatable bonds is 0. The van der Waals surface area contributed by atoms with Gasteiger partial charge >= 0.3 is 0 Å². The molecule has 3 heteroatoms. The van der Waals surface area contributed by atoms with Crippen molar-refractivity contribution in [3.63, 3.8) is 0 Å². The molecule has 0 fully saturated rings. The van der Waals surface area contributed by atoms with Gasteiger partial charge in [-0.05, 0) is 6.07 Å². The first-order valence-electron chi connectivity index (χ1n) is 3.74. The number of halogens is 1. The third kappa shape index (κ3) is 3.44. The maximum Gasteiger partial charge on any atom is 0.129 e. The first kappa shape index (κ1) is 9.85. The summed E-state index contributed by atoms with van der Waals surface area (Å²) in [5.74, 6) is 3.14. The second-order valence-corrected chi connectivity index (χ2v) is 9.93. The molecular weight excluding hydrogens is 204 g/mol. The van der Waals surface area contributed by atoms with Crippen molar-refractivity contribution in [3.8, 4) is 11.5 Å². The van der Waals surface area contributed by atoms with E-state index in [2.05, 4.69) is 31.1 Å². The second kappa shape index (κ2) is 3.65. The van der Waals surface area contributed by atoms with Gasteiger partial charge in [-0.25, -0.2) is 0 Å². The van der Waals surface area contributed by atoms with Crippen LogP contribution in [0.3, 0.4) is 0 Å². The SMILES string of the molecule is C[Si](C)(C)C#Cc1csc(Cl)c1. The van der Waals surface area contributed by atoms with Crippen LogP contribution in [-0.4, -0.2) is 8.07 Å². The zero-order chi connectivity index (χ0) is 9.19. The van der Waals surface area contributed by atoms with Gasteiger partial charge in [0.05, 0.1) is 4.34 Å². The van der Waals surface area contributed by atoms with E-state index < -0.39 is 8.07 Å². The van der Waals surface area contributed by atoms with Gasteiger partial charge in [0, 0.05) is 10.9 Å². The van der Waals surface area contributed by atoms with E-state index in [0.29, 0.717) is 0 Å². The Balaban J connectivity index is 2.80. The molecule has 1 heterocycles. The summed E-state index contributed by atoms with van der Waals surface area (Å²) in [5, 5.41) is 2.00. The predicted molar refractivity (Wildman–Crippen MR) is 59.6 cm³/mol. The van der Waals surface area contributed by atoms with Crippen LogP contribution in [0.5, 0.6) is 0 Å². The smallest absolute Gasteiger partial charge is 0.129 e. The lowest BCUT2D eigenvalue weighted by Gasteiger charge is -2.02. The summed E-state index contributed by atoms with van der Waals surface area (Å²) < 4.78 is 0.815. The maximum atomic E-state index is 5.77. The van der Waals surface area contributed by atoms with Crippen LogP contribution >= 0.6 is 22.9 Å². The molecule has 0 saturated heterocycles. The van der Waals surface area contributed by atoms with Crippen molar-refractivity contribution in [2.45, 2.75) is 19.6 Å². The predicted octanol–water partition coefficient (Wildman–Crippen LogP) is 3.63. The Hall–Kier alpha value is -0.233. The number of hydrogen-bond donors (Lipinski definition) is 0. The van der Waals surface area contributed by atoms with Gasteiger partial charge in [0.25, 0.3) is 0 Å². The van der Waals surface area contributed by atoms with Gasteiger partial charge in [-0.15, -0.1) is 16.9 Å². The highest BCUT2D eigenvalue weighted by molar-refractivity contribution is 7.14. The van der Waals surface area contributed by atoms with Crippen LogP contribution < -0.4 is 0 Å². The summed E-state index contributed by atoms with van der Waals surface area (Å²) in [6.45, 7) is 6.69. The molecule has 0 unspecified atom stereocenters. The topological polar surface area (TPSA) is 0 Å². The first-order chi connectivity index (χ1) is 5.47. The summed E-state index contributed by atoms with van der Waals surface area (Å²) in [6, 6.07) is 1.92. The molecule has 0 aliphatic heterocycles. The van der Waals surface area contributed by atoms with Crippen LogP contribution in [0.25, 0.3) is 0 Å². The molecule has 0 saturated carbocycles. The molecule has 0 N–H and O–H groups in total. The van der Waals surface area contributed by atoms with Gasteiger partial charge in [0.15, 0.2) is 0 Å². The highest BCUT2D eigenvalue weighted by atomic mass is 35.5. The minimum Gasteiger partial charge on any atom is -0.131 e. The monoisotopic (exact) mass is 214 g/mol. The quantitative estimate of drug-likeness (QED) is 0.457. The van der Waals surface area contributed by atoms with E-state index in [1.807, 2.05) is 11.4 Å². The van der Waals surface area contributed by atoms with E-state index >= 15 is 0 Å². The minimum atomic E-state index is -1.23. The van der Waals surface area contributed by atoms with Crippen LogP contribution in [0, 0.1) is 11.5 Å². The Kier molecular flexibility index (Phi) is 3.00. The van der Waals surface area contributed by atoms with Crippen molar-refractivity contribution in [3.05, 3.63) is 21.3 Å². The Labute approximate surface area is 83.6 Å². The molecule has 0 nitrogen and oxygen atoms in total. The van der Waals surface area contributed by atoms with Gasteiger partial charge in [-0.3, -0.25) is 0 Å². The van der Waals surface area contributed by atoms with Crippen LogP contribution in [0.1, 0.15) is 5.56 Å². The van der Waals surface area contributed by atoms with Crippen molar-refractivity contribution >= 4 is 31.0 Å². The molecule has 0 aliphatic carbocycles. The normalized spacial score (nSPS) is 10.7. The van der Waals surface area contributed by atoms with Crippen molar-refractivity contribution in [1.82, 2.24) is 0 Å². The zero-order valence-corrected chi connectivity index (χ0v) is 10.0. The highest BCUT2D eigenvalue weighted by Crippen LogP contribution is 2.19. The average Bonchev–Trinajstić information content (AvgIpc) is 2.30. The van der Waals surface area contributed by atoms with Gasteiger partial charge in [-0.2, -0.15) is 0 Å². The molecule has 0 bridgehead atoms. The van der Waals surface area contributed by atoms with Crippen LogP contribution in [0.4, 0.5) is 0 Å². The standard InChI is InChI=1S/C9H11ClSSi/c1-12(2,3)5-4-8-6-9(10)11-7-8/h6-7H,1-3H3. The third-order valence-corrected chi connectivity index (χ3v) is 3.12. The zero-order valence-electron chi connectivity index (χ0n) is 7.44. The molecule has 1 aromatic rings. The summed E-state index contributed by atoms with van der Waals surface area (Å²) in [4.78, 5) is 0. The van der Waals surface area contributed by atoms with E-state index in [4.69, 9.17) is 11.6 Å². The molecule has 1 aromatic heterocycles. The van der Waals surface area contributed by atoms with E-state index in [1.54, 1.807) is 0 Å². The highest BCUT2D eigenvalue weighted by Gasteiger charge is 2.07. The molecule has 0 atom stereocenters. The summed E-state index contributed by atoms with van der Waals surface area (Å²) in [7, 11) is -1.23. The van der Waals surface area contributed by atoms with Crippen molar-refractivity contribution in [1.29, 1.82) is 0 Å². The number of thiophene rings is 1. The van der Waals surface area contributed by atoms with Crippen molar-refractivity contribution in [2.24, 2.45) is 0 Å². The summed E-state index contributed by atoms with van der Waals surface area (Å²) >= 11 is 7.31. The van der Waals surface area contributed by atoms with Gasteiger partial charge < -0.3 is 0 Å². The van der Waals surface area contributed by atoms with Crippen molar-refractivity contribution in [2.75, 3.05) is 0 Å². The molecule has 0 aromatic carbocycles. The molecule has 1 rings (SSSR count). The Morgan fingerprint density at radius 2 is 2.08 bits per heavy atom. The molecule has 12 heavy (non-hydrogen) atoms. The summed E-state index contributed by atoms with van der Waals surface area (Å²) in [5.41, 5.74) is 4.34. The van der Waals surface area contributed by atoms with E-state index in [0.717, 1.165) is 9.90 Å². The number of hydrogen-bond acceptors (Lipinski definition) is 1. The maximum absolute atomic E-state index is 5.77. The molecule has 0 amide bonds. The van der Waals surface area contributed by atoms with E-state index in [-0.39, 0.29) is 0 Å². The first-order valence-corrected chi connectivity index (χ1v) is 8.50. The van der Waals surface area contributed by atoms with Crippen molar-refractivity contribution < 1.29 is 0 Å². The van der Waals surface area contributed by atoms with Gasteiger partial charge in [-0.1, -0.05) is 37.2 Å². The average molecular weight is 215 g/mol. The fourth-order valence-corrected chi connectivity index (χ4v) is 1.97. The molecular formula is C9H11ClSSi. The minimum absolute atomic E-state index is 0.815. The largest absolute Gasteiger partial charge is 0.131 e. The van der Waals surface area contributed by atoms with Gasteiger partial charge in [0.2, 0.25) is 0 Å². The lowest BCUT2D eigenvalue weighted by Crippen LogP contribution is -2.16. The van der Waals surface area contributed by atoms with Crippen LogP contribution in [0.15, 0.2) is 11.4 Å². The molecule has 0 aliphatic rings.